The Bertz CT molecular complexity index is 661. The Kier molecular flexibility index (Phi) is 3.77. The van der Waals surface area contributed by atoms with Crippen molar-refractivity contribution in [2.45, 2.75) is 12.5 Å². The van der Waals surface area contributed by atoms with Gasteiger partial charge >= 0.3 is 0 Å². The van der Waals surface area contributed by atoms with Gasteiger partial charge < -0.3 is 9.47 Å². The van der Waals surface area contributed by atoms with E-state index in [9.17, 15) is 4.39 Å². The normalized spacial score (nSPS) is 14.4. The molecule has 0 aliphatic carbocycles. The summed E-state index contributed by atoms with van der Waals surface area (Å²) >= 11 is 0. The van der Waals surface area contributed by atoms with Crippen LogP contribution < -0.4 is 20.7 Å². The number of nitrogens with two attached hydrogens (primary N) is 1. The zero-order valence-corrected chi connectivity index (χ0v) is 11.7. The molecule has 0 bridgehead atoms. The van der Waals surface area contributed by atoms with Crippen molar-refractivity contribution in [3.63, 3.8) is 0 Å². The number of methoxy groups -OCH3 is 1. The Balaban J connectivity index is 2.14. The van der Waals surface area contributed by atoms with Crippen LogP contribution in [0, 0.1) is 5.82 Å². The first kappa shape index (κ1) is 13.9. The highest BCUT2D eigenvalue weighted by molar-refractivity contribution is 5.51. The van der Waals surface area contributed by atoms with Crippen LogP contribution in [0.2, 0.25) is 0 Å². The van der Waals surface area contributed by atoms with E-state index in [1.54, 1.807) is 12.1 Å². The van der Waals surface area contributed by atoms with Gasteiger partial charge in [-0.05, 0) is 17.7 Å². The fourth-order valence-electron chi connectivity index (χ4n) is 2.77. The molecule has 5 heteroatoms. The molecule has 4 nitrogen and oxygen atoms in total. The second-order valence-electron chi connectivity index (χ2n) is 4.89. The number of rotatable bonds is 4. The zero-order chi connectivity index (χ0) is 14.8. The fraction of sp³-hybridized carbons (Fsp3) is 0.250. The molecule has 1 aliphatic rings. The zero-order valence-electron chi connectivity index (χ0n) is 11.7. The number of para-hydroxylation sites is 1. The first-order valence-electron chi connectivity index (χ1n) is 6.79. The first-order valence-corrected chi connectivity index (χ1v) is 6.79. The first-order chi connectivity index (χ1) is 10.3. The molecule has 0 fully saturated rings. The number of halogens is 1. The molecule has 2 aromatic carbocycles. The molecule has 2 aromatic rings. The number of nitrogens with one attached hydrogen (secondary N) is 1. The molecule has 0 amide bonds. The van der Waals surface area contributed by atoms with Crippen LogP contribution in [-0.4, -0.2) is 13.7 Å². The Hall–Kier alpha value is -2.11. The van der Waals surface area contributed by atoms with Crippen LogP contribution >= 0.6 is 0 Å². The lowest BCUT2D eigenvalue weighted by atomic mass is 9.95. The van der Waals surface area contributed by atoms with Crippen LogP contribution in [0.1, 0.15) is 22.7 Å². The molecule has 1 atom stereocenters. The predicted octanol–water partition coefficient (Wildman–Crippen LogP) is 2.32. The molecule has 0 radical (unpaired) electrons. The van der Waals surface area contributed by atoms with E-state index in [1.807, 2.05) is 18.2 Å². The third-order valence-corrected chi connectivity index (χ3v) is 3.74. The van der Waals surface area contributed by atoms with Gasteiger partial charge in [0.15, 0.2) is 0 Å². The van der Waals surface area contributed by atoms with Crippen molar-refractivity contribution in [1.29, 1.82) is 0 Å². The monoisotopic (exact) mass is 288 g/mol. The van der Waals surface area contributed by atoms with E-state index in [0.29, 0.717) is 17.9 Å². The van der Waals surface area contributed by atoms with Crippen LogP contribution in [0.25, 0.3) is 0 Å². The summed E-state index contributed by atoms with van der Waals surface area (Å²) in [6, 6.07) is 10.0. The highest BCUT2D eigenvalue weighted by Gasteiger charge is 2.27. The van der Waals surface area contributed by atoms with Crippen molar-refractivity contribution in [3.05, 3.63) is 58.9 Å². The van der Waals surface area contributed by atoms with Gasteiger partial charge in [0, 0.05) is 12.0 Å². The molecule has 3 N–H and O–H groups in total. The average Bonchev–Trinajstić information content (AvgIpc) is 2.98. The lowest BCUT2D eigenvalue weighted by Crippen LogP contribution is -2.30. The van der Waals surface area contributed by atoms with Crippen molar-refractivity contribution in [2.24, 2.45) is 5.84 Å². The molecule has 110 valence electrons. The van der Waals surface area contributed by atoms with E-state index >= 15 is 0 Å². The van der Waals surface area contributed by atoms with Crippen molar-refractivity contribution in [2.75, 3.05) is 13.7 Å². The molecule has 0 saturated heterocycles. The minimum atomic E-state index is -0.533. The fourth-order valence-corrected chi connectivity index (χ4v) is 2.77. The summed E-state index contributed by atoms with van der Waals surface area (Å²) in [5, 5.41) is 0. The van der Waals surface area contributed by atoms with Gasteiger partial charge in [0.05, 0.1) is 25.3 Å². The summed E-state index contributed by atoms with van der Waals surface area (Å²) in [5.41, 5.74) is 4.99. The van der Waals surface area contributed by atoms with Gasteiger partial charge in [-0.1, -0.05) is 24.3 Å². The molecule has 0 aromatic heterocycles. The SMILES string of the molecule is COc1cccc(F)c1C(NN)c1cccc2c1OCC2. The van der Waals surface area contributed by atoms with E-state index < -0.39 is 6.04 Å². The summed E-state index contributed by atoms with van der Waals surface area (Å²) in [6.45, 7) is 0.637. The minimum Gasteiger partial charge on any atom is -0.496 e. The molecule has 1 heterocycles. The number of fused-ring (bicyclic) bond motifs is 1. The summed E-state index contributed by atoms with van der Waals surface area (Å²) in [6.07, 6.45) is 0.856. The maximum absolute atomic E-state index is 14.3. The standard InChI is InChI=1S/C16H17FN2O2/c1-20-13-7-3-6-12(17)14(13)15(19-18)11-5-2-4-10-8-9-21-16(10)11/h2-7,15,19H,8-9,18H2,1H3. The number of ether oxygens (including phenoxy) is 2. The third kappa shape index (κ3) is 2.34. The van der Waals surface area contributed by atoms with Gasteiger partial charge in [-0.3, -0.25) is 5.84 Å². The molecule has 3 rings (SSSR count). The van der Waals surface area contributed by atoms with Crippen LogP contribution in [0.15, 0.2) is 36.4 Å². The van der Waals surface area contributed by atoms with Crippen LogP contribution in [0.5, 0.6) is 11.5 Å². The second kappa shape index (κ2) is 5.71. The van der Waals surface area contributed by atoms with Gasteiger partial charge in [-0.15, -0.1) is 0 Å². The van der Waals surface area contributed by atoms with E-state index in [-0.39, 0.29) is 5.82 Å². The highest BCUT2D eigenvalue weighted by Crippen LogP contribution is 2.39. The van der Waals surface area contributed by atoms with Crippen molar-refractivity contribution < 1.29 is 13.9 Å². The highest BCUT2D eigenvalue weighted by atomic mass is 19.1. The predicted molar refractivity (Wildman–Crippen MR) is 77.8 cm³/mol. The van der Waals surface area contributed by atoms with Gasteiger partial charge in [0.25, 0.3) is 0 Å². The van der Waals surface area contributed by atoms with Gasteiger partial charge in [0.1, 0.15) is 17.3 Å². The molecule has 1 unspecified atom stereocenters. The average molecular weight is 288 g/mol. The van der Waals surface area contributed by atoms with E-state index in [0.717, 1.165) is 23.3 Å². The van der Waals surface area contributed by atoms with E-state index in [1.165, 1.54) is 13.2 Å². The topological polar surface area (TPSA) is 56.5 Å². The largest absolute Gasteiger partial charge is 0.496 e. The lowest BCUT2D eigenvalue weighted by Gasteiger charge is -2.22. The summed E-state index contributed by atoms with van der Waals surface area (Å²) in [5.74, 6) is 6.56. The Labute approximate surface area is 122 Å². The Morgan fingerprint density at radius 2 is 2.10 bits per heavy atom. The number of benzene rings is 2. The molecular formula is C16H17FN2O2. The molecule has 0 saturated carbocycles. The molecule has 0 spiro atoms. The number of hydrogen-bond donors (Lipinski definition) is 2. The molecular weight excluding hydrogens is 271 g/mol. The van der Waals surface area contributed by atoms with Gasteiger partial charge in [0.2, 0.25) is 0 Å². The molecule has 21 heavy (non-hydrogen) atoms. The summed E-state index contributed by atoms with van der Waals surface area (Å²) in [7, 11) is 1.51. The number of hydrogen-bond acceptors (Lipinski definition) is 4. The van der Waals surface area contributed by atoms with Gasteiger partial charge in [-0.25, -0.2) is 9.82 Å². The van der Waals surface area contributed by atoms with E-state index in [4.69, 9.17) is 15.3 Å². The number of hydrazine groups is 1. The lowest BCUT2D eigenvalue weighted by molar-refractivity contribution is 0.348. The van der Waals surface area contributed by atoms with E-state index in [2.05, 4.69) is 5.43 Å². The molecule has 1 aliphatic heterocycles. The summed E-state index contributed by atoms with van der Waals surface area (Å²) in [4.78, 5) is 0. The van der Waals surface area contributed by atoms with Crippen LogP contribution in [0.4, 0.5) is 4.39 Å². The Morgan fingerprint density at radius 1 is 1.29 bits per heavy atom. The van der Waals surface area contributed by atoms with Crippen LogP contribution in [-0.2, 0) is 6.42 Å². The van der Waals surface area contributed by atoms with Gasteiger partial charge in [-0.2, -0.15) is 0 Å². The maximum Gasteiger partial charge on any atom is 0.132 e. The maximum atomic E-state index is 14.3. The minimum absolute atomic E-state index is 0.368. The summed E-state index contributed by atoms with van der Waals surface area (Å²) < 4.78 is 25.3. The Morgan fingerprint density at radius 3 is 2.86 bits per heavy atom. The third-order valence-electron chi connectivity index (χ3n) is 3.74. The van der Waals surface area contributed by atoms with Crippen molar-refractivity contribution in [3.8, 4) is 11.5 Å². The van der Waals surface area contributed by atoms with Crippen molar-refractivity contribution >= 4 is 0 Å². The second-order valence-corrected chi connectivity index (χ2v) is 4.89. The van der Waals surface area contributed by atoms with Crippen molar-refractivity contribution in [1.82, 2.24) is 5.43 Å². The quantitative estimate of drug-likeness (QED) is 0.669. The smallest absolute Gasteiger partial charge is 0.132 e. The van der Waals surface area contributed by atoms with Crippen LogP contribution in [0.3, 0.4) is 0 Å².